The highest BCUT2D eigenvalue weighted by Crippen LogP contribution is 2.23. The highest BCUT2D eigenvalue weighted by Gasteiger charge is 2.06. The summed E-state index contributed by atoms with van der Waals surface area (Å²) >= 11 is 0. The molecule has 0 aromatic heterocycles. The Morgan fingerprint density at radius 2 is 2.06 bits per heavy atom. The normalized spacial score (nSPS) is 12.4. The average molecular weight is 226 g/mol. The Kier molecular flexibility index (Phi) is 4.88. The predicted molar refractivity (Wildman–Crippen MR) is 63.3 cm³/mol. The number of ether oxygens (including phenoxy) is 2. The van der Waals surface area contributed by atoms with Gasteiger partial charge in [0.2, 0.25) is 0 Å². The number of hydrogen-bond acceptors (Lipinski definition) is 5. The van der Waals surface area contributed by atoms with E-state index >= 15 is 0 Å². The molecule has 90 valence electrons. The zero-order chi connectivity index (χ0) is 12.0. The van der Waals surface area contributed by atoms with Gasteiger partial charge in [-0.1, -0.05) is 0 Å². The highest BCUT2D eigenvalue weighted by atomic mass is 16.5. The zero-order valence-electron chi connectivity index (χ0n) is 9.35. The fourth-order valence-corrected chi connectivity index (χ4v) is 1.19. The third-order valence-corrected chi connectivity index (χ3v) is 1.98. The number of aliphatic hydroxyl groups is 1. The highest BCUT2D eigenvalue weighted by molar-refractivity contribution is 5.60. The molecule has 0 saturated heterocycles. The Hall–Kier alpha value is -1.46. The molecule has 1 atom stereocenters. The topological polar surface area (TPSA) is 90.7 Å². The largest absolute Gasteiger partial charge is 0.489 e. The van der Waals surface area contributed by atoms with Gasteiger partial charge in [0.05, 0.1) is 12.3 Å². The quantitative estimate of drug-likeness (QED) is 0.619. The van der Waals surface area contributed by atoms with Crippen LogP contribution in [0.1, 0.15) is 6.92 Å². The monoisotopic (exact) mass is 226 g/mol. The lowest BCUT2D eigenvalue weighted by molar-refractivity contribution is 0.0166. The molecule has 5 nitrogen and oxygen atoms in total. The minimum atomic E-state index is -0.656. The van der Waals surface area contributed by atoms with Crippen LogP contribution in [0.15, 0.2) is 18.2 Å². The van der Waals surface area contributed by atoms with Crippen molar-refractivity contribution in [3.63, 3.8) is 0 Å². The molecule has 0 saturated carbocycles. The van der Waals surface area contributed by atoms with Crippen molar-refractivity contribution in [2.75, 3.05) is 31.3 Å². The molecule has 0 aliphatic carbocycles. The Balaban J connectivity index is 2.42. The van der Waals surface area contributed by atoms with Crippen molar-refractivity contribution < 1.29 is 14.6 Å². The van der Waals surface area contributed by atoms with E-state index < -0.39 is 6.10 Å². The molecule has 1 aromatic carbocycles. The summed E-state index contributed by atoms with van der Waals surface area (Å²) in [4.78, 5) is 0. The van der Waals surface area contributed by atoms with E-state index in [0.717, 1.165) is 0 Å². The van der Waals surface area contributed by atoms with Gasteiger partial charge in [0.25, 0.3) is 0 Å². The van der Waals surface area contributed by atoms with Gasteiger partial charge in [0.1, 0.15) is 18.5 Å². The second-order valence-electron chi connectivity index (χ2n) is 3.42. The molecule has 5 heteroatoms. The van der Waals surface area contributed by atoms with Gasteiger partial charge >= 0.3 is 0 Å². The van der Waals surface area contributed by atoms with Crippen LogP contribution < -0.4 is 16.2 Å². The summed E-state index contributed by atoms with van der Waals surface area (Å²) in [7, 11) is 0. The predicted octanol–water partition coefficient (Wildman–Crippen LogP) is 0.627. The van der Waals surface area contributed by atoms with Crippen molar-refractivity contribution in [2.24, 2.45) is 0 Å². The van der Waals surface area contributed by atoms with Gasteiger partial charge in [0.15, 0.2) is 0 Å². The smallest absolute Gasteiger partial charge is 0.142 e. The molecule has 0 spiro atoms. The zero-order valence-corrected chi connectivity index (χ0v) is 9.35. The fraction of sp³-hybridized carbons (Fsp3) is 0.455. The maximum atomic E-state index is 9.47. The molecule has 0 heterocycles. The molecule has 0 radical (unpaired) electrons. The lowest BCUT2D eigenvalue weighted by Crippen LogP contribution is -2.23. The number of hydrogen-bond donors (Lipinski definition) is 3. The molecular formula is C11H18N2O3. The standard InChI is InChI=1S/C11H18N2O3/c1-2-15-6-9(14)7-16-11-4-3-8(12)5-10(11)13/h3-5,9,14H,2,6-7,12-13H2,1H3. The third kappa shape index (κ3) is 3.96. The van der Waals surface area contributed by atoms with Crippen LogP contribution in [0, 0.1) is 0 Å². The van der Waals surface area contributed by atoms with E-state index in [9.17, 15) is 5.11 Å². The number of nitrogens with two attached hydrogens (primary N) is 2. The van der Waals surface area contributed by atoms with Crippen LogP contribution in [-0.4, -0.2) is 31.0 Å². The van der Waals surface area contributed by atoms with E-state index in [1.165, 1.54) is 0 Å². The van der Waals surface area contributed by atoms with Crippen LogP contribution in [0.4, 0.5) is 11.4 Å². The minimum Gasteiger partial charge on any atom is -0.489 e. The van der Waals surface area contributed by atoms with Crippen molar-refractivity contribution in [3.8, 4) is 5.75 Å². The number of aliphatic hydroxyl groups excluding tert-OH is 1. The van der Waals surface area contributed by atoms with Gasteiger partial charge in [0, 0.05) is 12.3 Å². The van der Waals surface area contributed by atoms with Crippen LogP contribution >= 0.6 is 0 Å². The Labute approximate surface area is 95.0 Å². The SMILES string of the molecule is CCOCC(O)COc1ccc(N)cc1N. The summed E-state index contributed by atoms with van der Waals surface area (Å²) in [5.41, 5.74) is 12.3. The van der Waals surface area contributed by atoms with E-state index in [4.69, 9.17) is 20.9 Å². The maximum absolute atomic E-state index is 9.47. The first kappa shape index (κ1) is 12.6. The van der Waals surface area contributed by atoms with Gasteiger partial charge in [-0.3, -0.25) is 0 Å². The molecule has 16 heavy (non-hydrogen) atoms. The summed E-state index contributed by atoms with van der Waals surface area (Å²) in [5.74, 6) is 0.518. The molecule has 5 N–H and O–H groups in total. The fourth-order valence-electron chi connectivity index (χ4n) is 1.19. The number of nitrogen functional groups attached to an aromatic ring is 2. The van der Waals surface area contributed by atoms with Crippen LogP contribution in [-0.2, 0) is 4.74 Å². The molecule has 1 aromatic rings. The molecule has 0 amide bonds. The summed E-state index contributed by atoms with van der Waals surface area (Å²) < 4.78 is 10.4. The molecule has 1 unspecified atom stereocenters. The van der Waals surface area contributed by atoms with E-state index in [0.29, 0.717) is 23.7 Å². The number of benzene rings is 1. The van der Waals surface area contributed by atoms with Gasteiger partial charge < -0.3 is 26.0 Å². The van der Waals surface area contributed by atoms with Gasteiger partial charge in [-0.15, -0.1) is 0 Å². The van der Waals surface area contributed by atoms with Crippen molar-refractivity contribution >= 4 is 11.4 Å². The molecule has 1 rings (SSSR count). The summed E-state index contributed by atoms with van der Waals surface area (Å²) in [6.45, 7) is 2.84. The number of anilines is 2. The first-order valence-corrected chi connectivity index (χ1v) is 5.17. The summed E-state index contributed by atoms with van der Waals surface area (Å²) in [5, 5.41) is 9.47. The number of rotatable bonds is 6. The molecule has 0 aliphatic rings. The summed E-state index contributed by atoms with van der Waals surface area (Å²) in [6, 6.07) is 4.99. The molecule has 0 bridgehead atoms. The lowest BCUT2D eigenvalue weighted by Gasteiger charge is -2.13. The third-order valence-electron chi connectivity index (χ3n) is 1.98. The first-order valence-electron chi connectivity index (χ1n) is 5.17. The van der Waals surface area contributed by atoms with Crippen molar-refractivity contribution in [1.82, 2.24) is 0 Å². The van der Waals surface area contributed by atoms with Gasteiger partial charge in [-0.2, -0.15) is 0 Å². The maximum Gasteiger partial charge on any atom is 0.142 e. The van der Waals surface area contributed by atoms with E-state index in [2.05, 4.69) is 0 Å². The molecular weight excluding hydrogens is 208 g/mol. The Morgan fingerprint density at radius 1 is 1.31 bits per heavy atom. The Bertz CT molecular complexity index is 331. The van der Waals surface area contributed by atoms with Crippen LogP contribution in [0.25, 0.3) is 0 Å². The van der Waals surface area contributed by atoms with E-state index in [1.807, 2.05) is 6.92 Å². The minimum absolute atomic E-state index is 0.147. The van der Waals surface area contributed by atoms with Crippen LogP contribution in [0.2, 0.25) is 0 Å². The molecule has 0 aliphatic heterocycles. The van der Waals surface area contributed by atoms with Crippen LogP contribution in [0.3, 0.4) is 0 Å². The van der Waals surface area contributed by atoms with E-state index in [-0.39, 0.29) is 13.2 Å². The van der Waals surface area contributed by atoms with Crippen LogP contribution in [0.5, 0.6) is 5.75 Å². The summed E-state index contributed by atoms with van der Waals surface area (Å²) in [6.07, 6.45) is -0.656. The van der Waals surface area contributed by atoms with Gasteiger partial charge in [-0.25, -0.2) is 0 Å². The van der Waals surface area contributed by atoms with E-state index in [1.54, 1.807) is 18.2 Å². The van der Waals surface area contributed by atoms with Crippen molar-refractivity contribution in [2.45, 2.75) is 13.0 Å². The van der Waals surface area contributed by atoms with Crippen molar-refractivity contribution in [1.29, 1.82) is 0 Å². The van der Waals surface area contributed by atoms with Crippen molar-refractivity contribution in [3.05, 3.63) is 18.2 Å². The molecule has 0 fully saturated rings. The first-order chi connectivity index (χ1) is 7.63. The lowest BCUT2D eigenvalue weighted by atomic mass is 10.2. The Morgan fingerprint density at radius 3 is 2.69 bits per heavy atom. The van der Waals surface area contributed by atoms with Gasteiger partial charge in [-0.05, 0) is 25.1 Å². The second-order valence-corrected chi connectivity index (χ2v) is 3.42. The second kappa shape index (κ2) is 6.19. The average Bonchev–Trinajstić information content (AvgIpc) is 2.25.